The molecule has 2 amide bonds. The molecule has 0 spiro atoms. The van der Waals surface area contributed by atoms with Crippen molar-refractivity contribution < 1.29 is 9.90 Å². The molecule has 1 unspecified atom stereocenters. The first kappa shape index (κ1) is 17.2. The lowest BCUT2D eigenvalue weighted by Crippen LogP contribution is -2.24. The minimum atomic E-state index is -0.369. The van der Waals surface area contributed by atoms with Crippen molar-refractivity contribution in [2.45, 2.75) is 25.4 Å². The molecule has 0 fully saturated rings. The van der Waals surface area contributed by atoms with Crippen LogP contribution >= 0.6 is 0 Å². The first-order valence-corrected chi connectivity index (χ1v) is 9.06. The van der Waals surface area contributed by atoms with Crippen LogP contribution in [0.2, 0.25) is 0 Å². The molecule has 27 heavy (non-hydrogen) atoms. The Bertz CT molecular complexity index is 957. The lowest BCUT2D eigenvalue weighted by atomic mass is 9.90. The third kappa shape index (κ3) is 3.99. The quantitative estimate of drug-likeness (QED) is 0.655. The minimum Gasteiger partial charge on any atom is -0.393 e. The first-order chi connectivity index (χ1) is 13.2. The van der Waals surface area contributed by atoms with E-state index in [4.69, 9.17) is 0 Å². The molecule has 136 valence electrons. The van der Waals surface area contributed by atoms with Crippen molar-refractivity contribution in [1.29, 1.82) is 0 Å². The minimum absolute atomic E-state index is 0.324. The highest BCUT2D eigenvalue weighted by molar-refractivity contribution is 6.00. The molecule has 2 aromatic carbocycles. The molecule has 3 N–H and O–H groups in total. The number of aliphatic hydroxyl groups excluding tert-OH is 1. The molecule has 5 nitrogen and oxygen atoms in total. The number of nitrogens with one attached hydrogen (secondary N) is 2. The Kier molecular flexibility index (Phi) is 4.85. The van der Waals surface area contributed by atoms with Crippen LogP contribution in [0.1, 0.15) is 17.5 Å². The van der Waals surface area contributed by atoms with Gasteiger partial charge in [-0.25, -0.2) is 4.79 Å². The average molecular weight is 359 g/mol. The zero-order chi connectivity index (χ0) is 18.6. The molecule has 1 aliphatic carbocycles. The highest BCUT2D eigenvalue weighted by Gasteiger charge is 2.20. The molecule has 0 radical (unpaired) electrons. The molecular weight excluding hydrogens is 338 g/mol. The van der Waals surface area contributed by atoms with Crippen LogP contribution in [0.15, 0.2) is 67.0 Å². The molecule has 1 heterocycles. The van der Waals surface area contributed by atoms with E-state index in [1.165, 1.54) is 0 Å². The number of benzene rings is 2. The van der Waals surface area contributed by atoms with Gasteiger partial charge in [-0.05, 0) is 47.2 Å². The topological polar surface area (TPSA) is 74.2 Å². The van der Waals surface area contributed by atoms with Crippen LogP contribution in [0, 0.1) is 0 Å². The number of urea groups is 1. The number of carbonyl (C=O) groups is 1. The average Bonchev–Trinajstić information content (AvgIpc) is 2.69. The zero-order valence-electron chi connectivity index (χ0n) is 14.9. The number of aryl methyl sites for hydroxylation is 1. The summed E-state index contributed by atoms with van der Waals surface area (Å²) < 4.78 is 0. The van der Waals surface area contributed by atoms with Crippen molar-refractivity contribution in [1.82, 2.24) is 4.98 Å². The summed E-state index contributed by atoms with van der Waals surface area (Å²) in [6, 6.07) is 17.4. The van der Waals surface area contributed by atoms with Gasteiger partial charge in [0.1, 0.15) is 0 Å². The number of rotatable bonds is 3. The van der Waals surface area contributed by atoms with Gasteiger partial charge in [-0.15, -0.1) is 0 Å². The fourth-order valence-corrected chi connectivity index (χ4v) is 3.45. The van der Waals surface area contributed by atoms with E-state index in [2.05, 4.69) is 15.6 Å². The summed E-state index contributed by atoms with van der Waals surface area (Å²) in [6.45, 7) is 0. The van der Waals surface area contributed by atoms with E-state index < -0.39 is 0 Å². The highest BCUT2D eigenvalue weighted by Crippen LogP contribution is 2.27. The Morgan fingerprint density at radius 3 is 2.67 bits per heavy atom. The van der Waals surface area contributed by atoms with Crippen molar-refractivity contribution in [2.24, 2.45) is 0 Å². The molecule has 4 rings (SSSR count). The number of aromatic nitrogens is 1. The number of anilines is 2. The van der Waals surface area contributed by atoms with Gasteiger partial charge in [0.25, 0.3) is 0 Å². The molecule has 0 aliphatic heterocycles. The van der Waals surface area contributed by atoms with E-state index in [-0.39, 0.29) is 12.1 Å². The molecule has 0 saturated heterocycles. The van der Waals surface area contributed by atoms with Gasteiger partial charge in [0.05, 0.1) is 18.0 Å². The van der Waals surface area contributed by atoms with Gasteiger partial charge in [-0.2, -0.15) is 0 Å². The van der Waals surface area contributed by atoms with Gasteiger partial charge in [0, 0.05) is 18.3 Å². The molecule has 1 atom stereocenters. The SMILES string of the molecule is O=C(Nc1cccc(-c2ccccc2)c1)Nc1cncc2c1CC(O)CC2. The van der Waals surface area contributed by atoms with E-state index in [0.717, 1.165) is 35.1 Å². The van der Waals surface area contributed by atoms with Crippen LogP contribution in [0.5, 0.6) is 0 Å². The van der Waals surface area contributed by atoms with Crippen molar-refractivity contribution in [3.8, 4) is 11.1 Å². The normalized spacial score (nSPS) is 15.7. The number of amides is 2. The van der Waals surface area contributed by atoms with Gasteiger partial charge in [-0.3, -0.25) is 4.98 Å². The van der Waals surface area contributed by atoms with Crippen molar-refractivity contribution >= 4 is 17.4 Å². The Morgan fingerprint density at radius 1 is 1.00 bits per heavy atom. The Morgan fingerprint density at radius 2 is 1.81 bits per heavy atom. The van der Waals surface area contributed by atoms with E-state index in [1.807, 2.05) is 60.8 Å². The number of nitrogens with zero attached hydrogens (tertiary/aromatic N) is 1. The van der Waals surface area contributed by atoms with Crippen LogP contribution in [0.25, 0.3) is 11.1 Å². The second kappa shape index (κ2) is 7.60. The summed E-state index contributed by atoms with van der Waals surface area (Å²) in [5.41, 5.74) is 5.56. The number of pyridine rings is 1. The number of hydrogen-bond donors (Lipinski definition) is 3. The third-order valence-electron chi connectivity index (χ3n) is 4.81. The van der Waals surface area contributed by atoms with Crippen LogP contribution in [0.4, 0.5) is 16.2 Å². The highest BCUT2D eigenvalue weighted by atomic mass is 16.3. The molecule has 0 saturated carbocycles. The predicted octanol–water partition coefficient (Wildman–Crippen LogP) is 4.24. The van der Waals surface area contributed by atoms with Crippen LogP contribution in [0.3, 0.4) is 0 Å². The summed E-state index contributed by atoms with van der Waals surface area (Å²) >= 11 is 0. The van der Waals surface area contributed by atoms with Gasteiger partial charge in [0.15, 0.2) is 0 Å². The summed E-state index contributed by atoms with van der Waals surface area (Å²) in [4.78, 5) is 16.7. The lowest BCUT2D eigenvalue weighted by molar-refractivity contribution is 0.158. The van der Waals surface area contributed by atoms with Crippen LogP contribution in [-0.2, 0) is 12.8 Å². The Labute approximate surface area is 158 Å². The molecule has 3 aromatic rings. The van der Waals surface area contributed by atoms with Crippen LogP contribution in [-0.4, -0.2) is 22.2 Å². The smallest absolute Gasteiger partial charge is 0.323 e. The van der Waals surface area contributed by atoms with Crippen LogP contribution < -0.4 is 10.6 Å². The lowest BCUT2D eigenvalue weighted by Gasteiger charge is -2.22. The molecule has 1 aromatic heterocycles. The van der Waals surface area contributed by atoms with E-state index in [1.54, 1.807) is 6.20 Å². The molecule has 1 aliphatic rings. The van der Waals surface area contributed by atoms with Gasteiger partial charge in [0.2, 0.25) is 0 Å². The second-order valence-corrected chi connectivity index (χ2v) is 6.75. The summed E-state index contributed by atoms with van der Waals surface area (Å²) in [7, 11) is 0. The summed E-state index contributed by atoms with van der Waals surface area (Å²) in [5, 5.41) is 15.7. The van der Waals surface area contributed by atoms with Gasteiger partial charge >= 0.3 is 6.03 Å². The van der Waals surface area contributed by atoms with Crippen molar-refractivity contribution in [3.05, 3.63) is 78.1 Å². The molecular formula is C22H21N3O2. The largest absolute Gasteiger partial charge is 0.393 e. The maximum Gasteiger partial charge on any atom is 0.323 e. The third-order valence-corrected chi connectivity index (χ3v) is 4.81. The summed E-state index contributed by atoms with van der Waals surface area (Å²) in [5.74, 6) is 0. The number of carbonyl (C=O) groups excluding carboxylic acids is 1. The monoisotopic (exact) mass is 359 g/mol. The summed E-state index contributed by atoms with van der Waals surface area (Å²) in [6.07, 6.45) is 5.13. The van der Waals surface area contributed by atoms with E-state index >= 15 is 0 Å². The van der Waals surface area contributed by atoms with Crippen molar-refractivity contribution in [2.75, 3.05) is 10.6 Å². The number of hydrogen-bond acceptors (Lipinski definition) is 3. The Balaban J connectivity index is 1.50. The first-order valence-electron chi connectivity index (χ1n) is 9.06. The zero-order valence-corrected chi connectivity index (χ0v) is 14.9. The Hall–Kier alpha value is -3.18. The van der Waals surface area contributed by atoms with Gasteiger partial charge in [-0.1, -0.05) is 42.5 Å². The maximum absolute atomic E-state index is 12.5. The standard InChI is InChI=1S/C22H21N3O2/c26-19-10-9-17-13-23-14-21(20(17)12-19)25-22(27)24-18-8-4-7-16(11-18)15-5-2-1-3-6-15/h1-8,11,13-14,19,26H,9-10,12H2,(H2,24,25,27). The number of fused-ring (bicyclic) bond motifs is 1. The van der Waals surface area contributed by atoms with E-state index in [0.29, 0.717) is 17.8 Å². The molecule has 0 bridgehead atoms. The molecule has 5 heteroatoms. The second-order valence-electron chi connectivity index (χ2n) is 6.75. The number of aliphatic hydroxyl groups is 1. The fourth-order valence-electron chi connectivity index (χ4n) is 3.45. The van der Waals surface area contributed by atoms with Gasteiger partial charge < -0.3 is 15.7 Å². The van der Waals surface area contributed by atoms with E-state index in [9.17, 15) is 9.90 Å². The van der Waals surface area contributed by atoms with Crippen molar-refractivity contribution in [3.63, 3.8) is 0 Å². The fraction of sp³-hybridized carbons (Fsp3) is 0.182. The predicted molar refractivity (Wildman–Crippen MR) is 107 cm³/mol. The maximum atomic E-state index is 12.5.